The Morgan fingerprint density at radius 2 is 2.13 bits per heavy atom. The number of anilines is 1. The van der Waals surface area contributed by atoms with Crippen LogP contribution in [0.15, 0.2) is 24.3 Å². The van der Waals surface area contributed by atoms with Crippen LogP contribution in [0.25, 0.3) is 0 Å². The SMILES string of the molecule is CN1CCN(Cc2cccc(NC(=O)C3CCCNC3)c2)CC1. The van der Waals surface area contributed by atoms with Gasteiger partial charge in [0.1, 0.15) is 0 Å². The van der Waals surface area contributed by atoms with Gasteiger partial charge in [-0.05, 0) is 44.1 Å². The van der Waals surface area contributed by atoms with Gasteiger partial charge in [-0.25, -0.2) is 0 Å². The topological polar surface area (TPSA) is 47.6 Å². The Bertz CT molecular complexity index is 520. The highest BCUT2D eigenvalue weighted by molar-refractivity contribution is 5.92. The standard InChI is InChI=1S/C18H28N4O/c1-21-8-10-22(11-9-21)14-15-4-2-6-17(12-15)20-18(23)16-5-3-7-19-13-16/h2,4,6,12,16,19H,3,5,7-11,13-14H2,1H3,(H,20,23). The van der Waals surface area contributed by atoms with Crippen LogP contribution in [-0.4, -0.2) is 62.0 Å². The molecule has 1 amide bonds. The van der Waals surface area contributed by atoms with Crippen molar-refractivity contribution in [2.45, 2.75) is 19.4 Å². The molecule has 1 aromatic carbocycles. The van der Waals surface area contributed by atoms with Gasteiger partial charge in [-0.3, -0.25) is 9.69 Å². The van der Waals surface area contributed by atoms with Crippen LogP contribution < -0.4 is 10.6 Å². The zero-order valence-electron chi connectivity index (χ0n) is 14.1. The predicted molar refractivity (Wildman–Crippen MR) is 93.4 cm³/mol. The fourth-order valence-electron chi connectivity index (χ4n) is 3.33. The maximum atomic E-state index is 12.3. The molecule has 0 aliphatic carbocycles. The Balaban J connectivity index is 1.55. The second-order valence-electron chi connectivity index (χ2n) is 6.81. The van der Waals surface area contributed by atoms with Gasteiger partial charge in [0.2, 0.25) is 5.91 Å². The lowest BCUT2D eigenvalue weighted by molar-refractivity contribution is -0.120. The van der Waals surface area contributed by atoms with Gasteiger partial charge in [-0.1, -0.05) is 12.1 Å². The van der Waals surface area contributed by atoms with Crippen LogP contribution in [0.1, 0.15) is 18.4 Å². The summed E-state index contributed by atoms with van der Waals surface area (Å²) in [4.78, 5) is 17.2. The Hall–Kier alpha value is -1.43. The van der Waals surface area contributed by atoms with Gasteiger partial charge in [0.25, 0.3) is 0 Å². The third-order valence-electron chi connectivity index (χ3n) is 4.86. The number of piperazine rings is 1. The van der Waals surface area contributed by atoms with E-state index in [0.717, 1.165) is 64.3 Å². The molecular weight excluding hydrogens is 288 g/mol. The quantitative estimate of drug-likeness (QED) is 0.881. The van der Waals surface area contributed by atoms with Crippen molar-refractivity contribution >= 4 is 11.6 Å². The Labute approximate surface area is 139 Å². The number of nitrogens with one attached hydrogen (secondary N) is 2. The van der Waals surface area contributed by atoms with E-state index in [1.54, 1.807) is 0 Å². The Morgan fingerprint density at radius 3 is 2.87 bits per heavy atom. The van der Waals surface area contributed by atoms with Gasteiger partial charge in [0.05, 0.1) is 5.92 Å². The first-order chi connectivity index (χ1) is 11.2. The number of piperidine rings is 1. The van der Waals surface area contributed by atoms with Crippen LogP contribution >= 0.6 is 0 Å². The molecule has 126 valence electrons. The summed E-state index contributed by atoms with van der Waals surface area (Å²) in [5.74, 6) is 0.249. The first-order valence-corrected chi connectivity index (χ1v) is 8.72. The number of amides is 1. The van der Waals surface area contributed by atoms with Crippen molar-refractivity contribution in [1.29, 1.82) is 0 Å². The van der Waals surface area contributed by atoms with Gasteiger partial charge in [0, 0.05) is 45.0 Å². The first kappa shape index (κ1) is 16.4. The van der Waals surface area contributed by atoms with Crippen molar-refractivity contribution in [2.75, 3.05) is 51.6 Å². The number of nitrogens with zero attached hydrogens (tertiary/aromatic N) is 2. The number of rotatable bonds is 4. The summed E-state index contributed by atoms with van der Waals surface area (Å²) >= 11 is 0. The molecule has 2 heterocycles. The van der Waals surface area contributed by atoms with Crippen molar-refractivity contribution in [3.8, 4) is 0 Å². The maximum absolute atomic E-state index is 12.3. The first-order valence-electron chi connectivity index (χ1n) is 8.72. The molecule has 0 saturated carbocycles. The predicted octanol–water partition coefficient (Wildman–Crippen LogP) is 1.37. The van der Waals surface area contributed by atoms with Crippen LogP contribution in [-0.2, 0) is 11.3 Å². The van der Waals surface area contributed by atoms with Crippen LogP contribution in [0, 0.1) is 5.92 Å². The normalized spacial score (nSPS) is 23.6. The average Bonchev–Trinajstić information content (AvgIpc) is 2.58. The molecule has 0 bridgehead atoms. The molecule has 0 spiro atoms. The fraction of sp³-hybridized carbons (Fsp3) is 0.611. The lowest BCUT2D eigenvalue weighted by Crippen LogP contribution is -2.43. The van der Waals surface area contributed by atoms with E-state index in [0.29, 0.717) is 0 Å². The van der Waals surface area contributed by atoms with Crippen molar-refractivity contribution < 1.29 is 4.79 Å². The van der Waals surface area contributed by atoms with Crippen LogP contribution in [0.3, 0.4) is 0 Å². The van der Waals surface area contributed by atoms with Crippen molar-refractivity contribution in [1.82, 2.24) is 15.1 Å². The molecule has 1 aromatic rings. The minimum Gasteiger partial charge on any atom is -0.326 e. The molecule has 0 radical (unpaired) electrons. The van der Waals surface area contributed by atoms with E-state index in [4.69, 9.17) is 0 Å². The van der Waals surface area contributed by atoms with Crippen molar-refractivity contribution in [3.05, 3.63) is 29.8 Å². The highest BCUT2D eigenvalue weighted by Gasteiger charge is 2.21. The monoisotopic (exact) mass is 316 g/mol. The molecule has 23 heavy (non-hydrogen) atoms. The van der Waals surface area contributed by atoms with Crippen LogP contribution in [0.2, 0.25) is 0 Å². The molecule has 1 atom stereocenters. The lowest BCUT2D eigenvalue weighted by Gasteiger charge is -2.32. The summed E-state index contributed by atoms with van der Waals surface area (Å²) in [7, 11) is 2.17. The Morgan fingerprint density at radius 1 is 1.30 bits per heavy atom. The van der Waals surface area contributed by atoms with Crippen molar-refractivity contribution in [2.24, 2.45) is 5.92 Å². The highest BCUT2D eigenvalue weighted by atomic mass is 16.1. The number of benzene rings is 1. The van der Waals surface area contributed by atoms with Gasteiger partial charge >= 0.3 is 0 Å². The van der Waals surface area contributed by atoms with Gasteiger partial charge in [-0.2, -0.15) is 0 Å². The molecule has 2 aliphatic heterocycles. The van der Waals surface area contributed by atoms with Gasteiger partial charge < -0.3 is 15.5 Å². The van der Waals surface area contributed by atoms with E-state index < -0.39 is 0 Å². The number of likely N-dealkylation sites (N-methyl/N-ethyl adjacent to an activating group) is 1. The summed E-state index contributed by atoms with van der Waals surface area (Å²) in [6, 6.07) is 8.30. The van der Waals surface area contributed by atoms with E-state index in [2.05, 4.69) is 39.6 Å². The molecule has 5 nitrogen and oxygen atoms in total. The maximum Gasteiger partial charge on any atom is 0.228 e. The van der Waals surface area contributed by atoms with E-state index >= 15 is 0 Å². The number of carbonyl (C=O) groups is 1. The number of carbonyl (C=O) groups excluding carboxylic acids is 1. The molecule has 5 heteroatoms. The minimum absolute atomic E-state index is 0.102. The summed E-state index contributed by atoms with van der Waals surface area (Å²) in [5.41, 5.74) is 2.20. The molecule has 2 fully saturated rings. The zero-order chi connectivity index (χ0) is 16.1. The van der Waals surface area contributed by atoms with Gasteiger partial charge in [0.15, 0.2) is 0 Å². The van der Waals surface area contributed by atoms with E-state index in [9.17, 15) is 4.79 Å². The van der Waals surface area contributed by atoms with E-state index in [1.165, 1.54) is 5.56 Å². The number of hydrogen-bond acceptors (Lipinski definition) is 4. The zero-order valence-corrected chi connectivity index (χ0v) is 14.1. The molecule has 0 aromatic heterocycles. The second-order valence-corrected chi connectivity index (χ2v) is 6.81. The smallest absolute Gasteiger partial charge is 0.228 e. The third-order valence-corrected chi connectivity index (χ3v) is 4.86. The second kappa shape index (κ2) is 7.90. The lowest BCUT2D eigenvalue weighted by atomic mass is 9.98. The van der Waals surface area contributed by atoms with Crippen LogP contribution in [0.5, 0.6) is 0 Å². The minimum atomic E-state index is 0.102. The molecular formula is C18H28N4O. The summed E-state index contributed by atoms with van der Waals surface area (Å²) in [6.07, 6.45) is 2.07. The molecule has 3 rings (SSSR count). The van der Waals surface area contributed by atoms with Crippen LogP contribution in [0.4, 0.5) is 5.69 Å². The molecule has 2 saturated heterocycles. The summed E-state index contributed by atoms with van der Waals surface area (Å²) in [6.45, 7) is 7.28. The molecule has 2 aliphatic rings. The molecule has 1 unspecified atom stereocenters. The van der Waals surface area contributed by atoms with Gasteiger partial charge in [-0.15, -0.1) is 0 Å². The largest absolute Gasteiger partial charge is 0.326 e. The van der Waals surface area contributed by atoms with Crippen molar-refractivity contribution in [3.63, 3.8) is 0 Å². The highest BCUT2D eigenvalue weighted by Crippen LogP contribution is 2.17. The molecule has 2 N–H and O–H groups in total. The summed E-state index contributed by atoms with van der Waals surface area (Å²) < 4.78 is 0. The Kier molecular flexibility index (Phi) is 5.65. The van der Waals surface area contributed by atoms with E-state index in [1.807, 2.05) is 12.1 Å². The summed E-state index contributed by atoms with van der Waals surface area (Å²) in [5, 5.41) is 6.39. The third kappa shape index (κ3) is 4.77. The average molecular weight is 316 g/mol. The number of hydrogen-bond donors (Lipinski definition) is 2. The van der Waals surface area contributed by atoms with E-state index in [-0.39, 0.29) is 11.8 Å². The fourth-order valence-corrected chi connectivity index (χ4v) is 3.33.